The highest BCUT2D eigenvalue weighted by Crippen LogP contribution is 2.37. The van der Waals surface area contributed by atoms with E-state index in [9.17, 15) is 89.0 Å². The van der Waals surface area contributed by atoms with Crippen molar-refractivity contribution in [1.82, 2.24) is 5.32 Å². The molecule has 1 saturated carbocycles. The van der Waals surface area contributed by atoms with E-state index in [2.05, 4.69) is 29.2 Å². The molecule has 446 valence electrons. The molecule has 3 saturated heterocycles. The van der Waals surface area contributed by atoms with Gasteiger partial charge in [-0.2, -0.15) is 25.3 Å². The molecule has 0 aromatic carbocycles. The van der Waals surface area contributed by atoms with Crippen LogP contribution in [-0.4, -0.2) is 254 Å². The molecule has 0 spiro atoms. The first kappa shape index (κ1) is 66.2. The van der Waals surface area contributed by atoms with Crippen molar-refractivity contribution in [2.45, 2.75) is 131 Å². The minimum atomic E-state index is -5.55. The number of carboxylic acid groups (broad SMARTS) is 2. The summed E-state index contributed by atoms with van der Waals surface area (Å²) in [5.41, 5.74) is 0. The molecule has 10 unspecified atom stereocenters. The van der Waals surface area contributed by atoms with E-state index in [1.54, 1.807) is 0 Å². The van der Waals surface area contributed by atoms with Crippen LogP contribution in [0.15, 0.2) is 10.3 Å². The van der Waals surface area contributed by atoms with Gasteiger partial charge in [0.15, 0.2) is 50.5 Å². The molecule has 1 aliphatic carbocycles. The Morgan fingerprint density at radius 1 is 0.662 bits per heavy atom. The third kappa shape index (κ3) is 20.3. The lowest BCUT2D eigenvalue weighted by Crippen LogP contribution is -2.68. The lowest BCUT2D eigenvalue weighted by molar-refractivity contribution is -0.434. The maximum Gasteiger partial charge on any atom is 0.397 e. The second kappa shape index (κ2) is 29.9. The van der Waals surface area contributed by atoms with E-state index in [1.807, 2.05) is 0 Å². The molecule has 77 heavy (non-hydrogen) atoms. The molecule has 4 fully saturated rings. The number of aliphatic hydroxyl groups is 5. The molecule has 3 heterocycles. The highest BCUT2D eigenvalue weighted by atomic mass is 32.3. The summed E-state index contributed by atoms with van der Waals surface area (Å²) in [6.45, 7) is -0.0845. The molecule has 0 aromatic heterocycles. The summed E-state index contributed by atoms with van der Waals surface area (Å²) in [7, 11) is -16.2. The van der Waals surface area contributed by atoms with Crippen molar-refractivity contribution in [3.05, 3.63) is 0 Å². The first-order chi connectivity index (χ1) is 35.9. The summed E-state index contributed by atoms with van der Waals surface area (Å²) in [5, 5.41) is 93.3. The molecular formula is C35H57N3O35S4. The van der Waals surface area contributed by atoms with E-state index < -0.39 is 204 Å². The average Bonchev–Trinajstić information content (AvgIpc) is 3.32. The first-order valence-electron chi connectivity index (χ1n) is 22.0. The van der Waals surface area contributed by atoms with Gasteiger partial charge < -0.3 is 83.9 Å². The molecule has 42 heteroatoms. The molecule has 3 aliphatic heterocycles. The molecule has 38 nitrogen and oxygen atoms in total. The fourth-order valence-electron chi connectivity index (χ4n) is 8.04. The largest absolute Gasteiger partial charge is 0.481 e. The molecule has 0 radical (unpaired) electrons. The predicted octanol–water partition coefficient (Wildman–Crippen LogP) is -5.70. The van der Waals surface area contributed by atoms with Crippen molar-refractivity contribution >= 4 is 73.8 Å². The normalized spacial score (nSPS) is 36.4. The zero-order valence-electron chi connectivity index (χ0n) is 39.9. The smallest absolute Gasteiger partial charge is 0.397 e. The topological polar surface area (TPSA) is 551 Å². The van der Waals surface area contributed by atoms with Crippen LogP contribution in [0.3, 0.4) is 0 Å². The molecule has 12 N–H and O–H groups in total. The number of amides is 1. The number of nitrogens with one attached hydrogen (secondary N) is 1. The van der Waals surface area contributed by atoms with Crippen LogP contribution in [0.5, 0.6) is 0 Å². The van der Waals surface area contributed by atoms with Crippen LogP contribution < -0.4 is 5.32 Å². The van der Waals surface area contributed by atoms with Crippen molar-refractivity contribution in [3.8, 4) is 0 Å². The molecule has 0 aromatic rings. The van der Waals surface area contributed by atoms with Gasteiger partial charge in [0.2, 0.25) is 5.91 Å². The number of hydrogen-bond acceptors (Lipinski definition) is 33. The molecule has 20 atom stereocenters. The Labute approximate surface area is 440 Å². The number of hydrogen-bond donors (Lipinski definition) is 12. The van der Waals surface area contributed by atoms with Crippen LogP contribution in [0.1, 0.15) is 27.2 Å². The third-order valence-electron chi connectivity index (χ3n) is 11.5. The minimum absolute atomic E-state index is 0.0316. The van der Waals surface area contributed by atoms with Gasteiger partial charge >= 0.3 is 43.1 Å². The number of carboxylic acids is 2. The maximum atomic E-state index is 12.4. The van der Waals surface area contributed by atoms with Gasteiger partial charge in [0, 0.05) is 18.8 Å². The average molecular weight is 1210 g/mol. The van der Waals surface area contributed by atoms with E-state index in [4.69, 9.17) is 60.6 Å². The number of nitrogens with zero attached hydrogens (tertiary/aromatic N) is 2. The van der Waals surface area contributed by atoms with E-state index in [1.165, 1.54) is 13.8 Å². The van der Waals surface area contributed by atoms with Gasteiger partial charge in [0.1, 0.15) is 54.9 Å². The van der Waals surface area contributed by atoms with E-state index in [0.717, 1.165) is 19.4 Å². The van der Waals surface area contributed by atoms with Crippen LogP contribution in [0.25, 0.3) is 0 Å². The number of aliphatic hydroxyl groups excluding tert-OH is 5. The summed E-state index contributed by atoms with van der Waals surface area (Å²) in [6.07, 6.45) is -28.9. The van der Waals surface area contributed by atoms with Gasteiger partial charge in [0.05, 0.1) is 69.2 Å². The standard InChI is InChI=1S/C35H57N3O35S4/c1-13-21(40)25(44)35(69-27(13)32(47)48)68-26-14(2)33(66-18(11-63-74-73-72-49)28(26)70-76(53,54)55)59-6-4-36-61-8-9-62-37-5-7-60-34-20(38-15(3)39)30(65-17-10-16(31(45)46)22(41)24(43)23(17)42)29(71-77(56,57)58)19(67-34)12-64-75(50,51)52/h4-5,13-14,16-30,33-35,40-44,49H,6-12H2,1-3H3,(H,38,39)(H,45,46)(H,47,48)(H,50,51,52)(H,53,54,55)(H,56,57,58)/b36-4+,37-5+/t13?,14?,16?,17-,18+,19?,20?,21?,22+,23?,24+,25?,26?,27-,28?,29+,30-,33-,34-,35-/m1/s1. The second-order valence-electron chi connectivity index (χ2n) is 16.8. The monoisotopic (exact) mass is 1210 g/mol. The first-order valence-corrected chi connectivity index (χ1v) is 26.8. The molecule has 4 aliphatic rings. The van der Waals surface area contributed by atoms with Crippen LogP contribution >= 0.6 is 12.3 Å². The fourth-order valence-corrected chi connectivity index (χ4v) is 9.62. The van der Waals surface area contributed by atoms with Crippen molar-refractivity contribution in [2.75, 3.05) is 39.6 Å². The Hall–Kier alpha value is -3.33. The number of ether oxygens (including phenoxy) is 7. The second-order valence-corrected chi connectivity index (χ2v) is 20.5. The van der Waals surface area contributed by atoms with Crippen molar-refractivity contribution in [3.63, 3.8) is 0 Å². The fraction of sp³-hybridized carbons (Fsp3) is 0.857. The number of carbonyl (C=O) groups excluding carboxylic acids is 1. The lowest BCUT2D eigenvalue weighted by atomic mass is 9.80. The Morgan fingerprint density at radius 2 is 1.22 bits per heavy atom. The van der Waals surface area contributed by atoms with Gasteiger partial charge in [-0.25, -0.2) is 22.6 Å². The predicted molar refractivity (Wildman–Crippen MR) is 238 cm³/mol. The molecule has 0 bridgehead atoms. The zero-order valence-corrected chi connectivity index (χ0v) is 43.2. The van der Waals surface area contributed by atoms with Gasteiger partial charge in [-0.1, -0.05) is 29.2 Å². The van der Waals surface area contributed by atoms with E-state index in [0.29, 0.717) is 0 Å². The van der Waals surface area contributed by atoms with Gasteiger partial charge in [-0.3, -0.25) is 27.4 Å². The van der Waals surface area contributed by atoms with Crippen molar-refractivity contribution < 1.29 is 163 Å². The molecular weight excluding hydrogens is 1150 g/mol. The summed E-state index contributed by atoms with van der Waals surface area (Å²) >= 11 is 0.0316. The SMILES string of the molecule is CC(=O)NC1[C@H](OC/C=N/OCCO/N=C/CO[C@@H]2O[C@@H](COSOOO)C(OS(=O)(=O)O)C(O[C@@H]3O[C@@H](C(=O)O)C(C)C(O)C3O)C2C)OC(COS(=O)(=O)O)[C@H](OS(=O)(=O)O)[C@@H]1O[C@@H]1CC(C(=O)O)[C@H](O)[C@H](O)C1O. The van der Waals surface area contributed by atoms with Crippen molar-refractivity contribution in [1.29, 1.82) is 0 Å². The highest BCUT2D eigenvalue weighted by molar-refractivity contribution is 7.89. The quantitative estimate of drug-likeness (QED) is 0.00796. The minimum Gasteiger partial charge on any atom is -0.481 e. The van der Waals surface area contributed by atoms with Gasteiger partial charge in [-0.15, -0.1) is 4.33 Å². The number of aliphatic carboxylic acids is 2. The van der Waals surface area contributed by atoms with Gasteiger partial charge in [-0.05, 0) is 6.42 Å². The van der Waals surface area contributed by atoms with Crippen LogP contribution in [0, 0.1) is 17.8 Å². The number of carbonyl (C=O) groups is 3. The number of oxime groups is 2. The molecule has 1 amide bonds. The summed E-state index contributed by atoms with van der Waals surface area (Å²) in [4.78, 5) is 46.3. The summed E-state index contributed by atoms with van der Waals surface area (Å²) < 4.78 is 162. The lowest BCUT2D eigenvalue weighted by Gasteiger charge is -2.48. The van der Waals surface area contributed by atoms with Crippen LogP contribution in [-0.2, 0) is 115 Å². The van der Waals surface area contributed by atoms with Gasteiger partial charge in [0.25, 0.3) is 0 Å². The van der Waals surface area contributed by atoms with Crippen molar-refractivity contribution in [2.24, 2.45) is 28.1 Å². The Morgan fingerprint density at radius 3 is 1.75 bits per heavy atom. The Balaban J connectivity index is 1.39. The van der Waals surface area contributed by atoms with E-state index in [-0.39, 0.29) is 25.5 Å². The van der Waals surface area contributed by atoms with Crippen LogP contribution in [0.4, 0.5) is 0 Å². The zero-order chi connectivity index (χ0) is 57.6. The Bertz CT molecular complexity index is 2300. The molecule has 4 rings (SSSR count). The van der Waals surface area contributed by atoms with E-state index >= 15 is 0 Å². The third-order valence-corrected chi connectivity index (χ3v) is 13.2. The highest BCUT2D eigenvalue weighted by Gasteiger charge is 2.56. The maximum absolute atomic E-state index is 12.4. The summed E-state index contributed by atoms with van der Waals surface area (Å²) in [5.74, 6) is -8.18. The summed E-state index contributed by atoms with van der Waals surface area (Å²) in [6, 6.07) is -1.77. The van der Waals surface area contributed by atoms with Crippen LogP contribution in [0.2, 0.25) is 0 Å². The number of rotatable bonds is 30. The Kier molecular flexibility index (Phi) is 25.7.